The summed E-state index contributed by atoms with van der Waals surface area (Å²) in [7, 11) is 0. The Hall–Kier alpha value is -2.31. The Kier molecular flexibility index (Phi) is 7.05. The van der Waals surface area contributed by atoms with Gasteiger partial charge in [0.2, 0.25) is 0 Å². The van der Waals surface area contributed by atoms with Crippen molar-refractivity contribution >= 4 is 17.8 Å². The standard InChI is InChI=1S/C20H30N2O5/c1-11(2)26-19(24)16-12(3)17(21-13(16)4)20(25)27-14(5)18(23)22-15-9-7-6-8-10-15/h11,14-15,21H,6-10H2,1-5H3,(H,22,23). The van der Waals surface area contributed by atoms with Gasteiger partial charge in [0.25, 0.3) is 5.91 Å². The molecule has 0 saturated heterocycles. The molecule has 1 atom stereocenters. The Labute approximate surface area is 160 Å². The van der Waals surface area contributed by atoms with Crippen LogP contribution in [0.4, 0.5) is 0 Å². The lowest BCUT2D eigenvalue weighted by atomic mass is 9.95. The van der Waals surface area contributed by atoms with Crippen LogP contribution in [0.15, 0.2) is 0 Å². The van der Waals surface area contributed by atoms with Crippen LogP contribution in [0.1, 0.15) is 85.0 Å². The van der Waals surface area contributed by atoms with Gasteiger partial charge in [-0.3, -0.25) is 4.79 Å². The molecule has 1 heterocycles. The van der Waals surface area contributed by atoms with Gasteiger partial charge >= 0.3 is 11.9 Å². The molecule has 0 radical (unpaired) electrons. The largest absolute Gasteiger partial charge is 0.459 e. The molecule has 1 fully saturated rings. The lowest BCUT2D eigenvalue weighted by molar-refractivity contribution is -0.130. The summed E-state index contributed by atoms with van der Waals surface area (Å²) in [5.41, 5.74) is 1.49. The molecule has 1 amide bonds. The molecule has 2 rings (SSSR count). The summed E-state index contributed by atoms with van der Waals surface area (Å²) in [5.74, 6) is -1.44. The van der Waals surface area contributed by atoms with E-state index < -0.39 is 18.0 Å². The van der Waals surface area contributed by atoms with Crippen LogP contribution in [0.3, 0.4) is 0 Å². The van der Waals surface area contributed by atoms with E-state index in [1.165, 1.54) is 6.42 Å². The molecule has 1 aliphatic rings. The van der Waals surface area contributed by atoms with Crippen molar-refractivity contribution in [1.29, 1.82) is 0 Å². The quantitative estimate of drug-likeness (QED) is 0.741. The molecular formula is C20H30N2O5. The van der Waals surface area contributed by atoms with Crippen LogP contribution < -0.4 is 5.32 Å². The Morgan fingerprint density at radius 1 is 1.00 bits per heavy atom. The van der Waals surface area contributed by atoms with Gasteiger partial charge in [-0.25, -0.2) is 9.59 Å². The number of aromatic nitrogens is 1. The van der Waals surface area contributed by atoms with Crippen molar-refractivity contribution in [2.45, 2.75) is 85.0 Å². The topological polar surface area (TPSA) is 97.5 Å². The van der Waals surface area contributed by atoms with E-state index in [4.69, 9.17) is 9.47 Å². The monoisotopic (exact) mass is 378 g/mol. The molecule has 7 nitrogen and oxygen atoms in total. The summed E-state index contributed by atoms with van der Waals surface area (Å²) in [6, 6.07) is 0.152. The second kappa shape index (κ2) is 9.06. The molecule has 1 aliphatic carbocycles. The molecule has 1 aromatic heterocycles. The zero-order valence-electron chi connectivity index (χ0n) is 16.8. The van der Waals surface area contributed by atoms with Crippen LogP contribution in [0.25, 0.3) is 0 Å². The highest BCUT2D eigenvalue weighted by Crippen LogP contribution is 2.21. The van der Waals surface area contributed by atoms with E-state index in [9.17, 15) is 14.4 Å². The Balaban J connectivity index is 2.02. The second-order valence-corrected chi connectivity index (χ2v) is 7.47. The number of H-pyrrole nitrogens is 1. The average molecular weight is 378 g/mol. The van der Waals surface area contributed by atoms with Gasteiger partial charge in [0.05, 0.1) is 11.7 Å². The predicted molar refractivity (Wildman–Crippen MR) is 101 cm³/mol. The molecule has 0 aliphatic heterocycles. The summed E-state index contributed by atoms with van der Waals surface area (Å²) in [6.45, 7) is 8.42. The third-order valence-corrected chi connectivity index (χ3v) is 4.79. The maximum absolute atomic E-state index is 12.5. The van der Waals surface area contributed by atoms with E-state index in [0.29, 0.717) is 16.8 Å². The molecule has 2 N–H and O–H groups in total. The highest BCUT2D eigenvalue weighted by molar-refractivity contribution is 5.99. The first kappa shape index (κ1) is 21.0. The Morgan fingerprint density at radius 3 is 2.22 bits per heavy atom. The summed E-state index contributed by atoms with van der Waals surface area (Å²) in [5, 5.41) is 2.95. The van der Waals surface area contributed by atoms with Crippen molar-refractivity contribution in [3.05, 3.63) is 22.5 Å². The molecule has 1 saturated carbocycles. The number of hydrogen-bond acceptors (Lipinski definition) is 5. The van der Waals surface area contributed by atoms with Crippen LogP contribution in [-0.2, 0) is 14.3 Å². The highest BCUT2D eigenvalue weighted by atomic mass is 16.6. The van der Waals surface area contributed by atoms with Crippen LogP contribution in [0.2, 0.25) is 0 Å². The van der Waals surface area contributed by atoms with E-state index in [1.54, 1.807) is 34.6 Å². The van der Waals surface area contributed by atoms with Crippen LogP contribution in [0, 0.1) is 13.8 Å². The summed E-state index contributed by atoms with van der Waals surface area (Å²) in [4.78, 5) is 39.9. The van der Waals surface area contributed by atoms with Crippen LogP contribution >= 0.6 is 0 Å². The zero-order chi connectivity index (χ0) is 20.1. The van der Waals surface area contributed by atoms with E-state index in [0.717, 1.165) is 25.7 Å². The first-order chi connectivity index (χ1) is 12.7. The van der Waals surface area contributed by atoms with Crippen LogP contribution in [-0.4, -0.2) is 41.1 Å². The lowest BCUT2D eigenvalue weighted by Gasteiger charge is -2.24. The van der Waals surface area contributed by atoms with Crippen molar-refractivity contribution in [3.63, 3.8) is 0 Å². The minimum absolute atomic E-state index is 0.152. The van der Waals surface area contributed by atoms with Gasteiger partial charge in [-0.2, -0.15) is 0 Å². The smallest absolute Gasteiger partial charge is 0.355 e. The molecule has 1 unspecified atom stereocenters. The van der Waals surface area contributed by atoms with Crippen LogP contribution in [0.5, 0.6) is 0 Å². The van der Waals surface area contributed by atoms with Gasteiger partial charge in [0.1, 0.15) is 5.69 Å². The molecule has 0 aromatic carbocycles. The van der Waals surface area contributed by atoms with E-state index in [-0.39, 0.29) is 23.7 Å². The fraction of sp³-hybridized carbons (Fsp3) is 0.650. The molecule has 1 aromatic rings. The first-order valence-corrected chi connectivity index (χ1v) is 9.62. The normalized spacial score (nSPS) is 16.1. The van der Waals surface area contributed by atoms with Gasteiger partial charge < -0.3 is 19.8 Å². The minimum atomic E-state index is -0.909. The van der Waals surface area contributed by atoms with Gasteiger partial charge in [-0.1, -0.05) is 19.3 Å². The maximum atomic E-state index is 12.5. The average Bonchev–Trinajstić information content (AvgIpc) is 2.89. The summed E-state index contributed by atoms with van der Waals surface area (Å²) >= 11 is 0. The number of rotatable bonds is 6. The minimum Gasteiger partial charge on any atom is -0.459 e. The molecule has 27 heavy (non-hydrogen) atoms. The number of carbonyl (C=O) groups excluding carboxylic acids is 3. The number of ether oxygens (including phenoxy) is 2. The van der Waals surface area contributed by atoms with Crippen molar-refractivity contribution in [2.24, 2.45) is 0 Å². The highest BCUT2D eigenvalue weighted by Gasteiger charge is 2.27. The third-order valence-electron chi connectivity index (χ3n) is 4.79. The summed E-state index contributed by atoms with van der Waals surface area (Å²) < 4.78 is 10.5. The number of amides is 1. The first-order valence-electron chi connectivity index (χ1n) is 9.62. The zero-order valence-corrected chi connectivity index (χ0v) is 16.8. The van der Waals surface area contributed by atoms with E-state index >= 15 is 0 Å². The number of hydrogen-bond donors (Lipinski definition) is 2. The van der Waals surface area contributed by atoms with Gasteiger partial charge in [-0.15, -0.1) is 0 Å². The maximum Gasteiger partial charge on any atom is 0.355 e. The number of carbonyl (C=O) groups is 3. The van der Waals surface area contributed by atoms with E-state index in [1.807, 2.05) is 0 Å². The Bertz CT molecular complexity index is 701. The van der Waals surface area contributed by atoms with Crippen molar-refractivity contribution in [2.75, 3.05) is 0 Å². The molecule has 150 valence electrons. The van der Waals surface area contributed by atoms with Gasteiger partial charge in [0, 0.05) is 11.7 Å². The second-order valence-electron chi connectivity index (χ2n) is 7.47. The number of aromatic amines is 1. The molecule has 7 heteroatoms. The lowest BCUT2D eigenvalue weighted by Crippen LogP contribution is -2.42. The van der Waals surface area contributed by atoms with Gasteiger partial charge in [-0.05, 0) is 53.0 Å². The molecule has 0 bridgehead atoms. The SMILES string of the molecule is Cc1[nH]c(C(=O)OC(C)C(=O)NC2CCCCC2)c(C)c1C(=O)OC(C)C. The summed E-state index contributed by atoms with van der Waals surface area (Å²) in [6.07, 6.45) is 4.17. The number of esters is 2. The molecule has 0 spiro atoms. The van der Waals surface area contributed by atoms with Gasteiger partial charge in [0.15, 0.2) is 6.10 Å². The number of aryl methyl sites for hydroxylation is 1. The molecular weight excluding hydrogens is 348 g/mol. The predicted octanol–water partition coefficient (Wildman–Crippen LogP) is 3.19. The van der Waals surface area contributed by atoms with Crippen molar-refractivity contribution in [1.82, 2.24) is 10.3 Å². The Morgan fingerprint density at radius 2 is 1.63 bits per heavy atom. The van der Waals surface area contributed by atoms with E-state index in [2.05, 4.69) is 10.3 Å². The van der Waals surface area contributed by atoms with Crippen molar-refractivity contribution < 1.29 is 23.9 Å². The number of nitrogens with one attached hydrogen (secondary N) is 2. The van der Waals surface area contributed by atoms with Crippen molar-refractivity contribution in [3.8, 4) is 0 Å². The fourth-order valence-corrected chi connectivity index (χ4v) is 3.37. The fourth-order valence-electron chi connectivity index (χ4n) is 3.37. The third kappa shape index (κ3) is 5.34.